The molecule has 1 heterocycles. The van der Waals surface area contributed by atoms with Gasteiger partial charge in [-0.25, -0.2) is 0 Å². The summed E-state index contributed by atoms with van der Waals surface area (Å²) in [6, 6.07) is 0. The lowest BCUT2D eigenvalue weighted by Crippen LogP contribution is -2.42. The van der Waals surface area contributed by atoms with E-state index < -0.39 is 5.60 Å². The Morgan fingerprint density at radius 1 is 1.44 bits per heavy atom. The Morgan fingerprint density at radius 2 is 2.22 bits per heavy atom. The van der Waals surface area contributed by atoms with Gasteiger partial charge in [0.1, 0.15) is 0 Å². The Kier molecular flexibility index (Phi) is 7.15. The first-order valence-electron chi connectivity index (χ1n) is 7.15. The van der Waals surface area contributed by atoms with Crippen molar-refractivity contribution in [2.24, 2.45) is 5.92 Å². The highest BCUT2D eigenvalue weighted by Gasteiger charge is 2.21. The summed E-state index contributed by atoms with van der Waals surface area (Å²) in [4.78, 5) is 2.49. The Hall–Kier alpha value is -0.160. The van der Waals surface area contributed by atoms with Crippen LogP contribution < -0.4 is 5.32 Å². The number of piperidine rings is 1. The summed E-state index contributed by atoms with van der Waals surface area (Å²) in [5, 5.41) is 13.2. The zero-order valence-corrected chi connectivity index (χ0v) is 12.2. The lowest BCUT2D eigenvalue weighted by Gasteiger charge is -2.34. The summed E-state index contributed by atoms with van der Waals surface area (Å²) >= 11 is 0. The first-order valence-corrected chi connectivity index (χ1v) is 7.15. The molecule has 0 aliphatic carbocycles. The van der Waals surface area contributed by atoms with Crippen LogP contribution in [0.1, 0.15) is 33.1 Å². The largest absolute Gasteiger partial charge is 0.390 e. The molecule has 0 aromatic heterocycles. The van der Waals surface area contributed by atoms with Crippen molar-refractivity contribution >= 4 is 0 Å². The second-order valence-corrected chi connectivity index (χ2v) is 6.07. The van der Waals surface area contributed by atoms with Crippen LogP contribution in [0.3, 0.4) is 0 Å². The van der Waals surface area contributed by atoms with E-state index in [9.17, 15) is 5.11 Å². The predicted molar refractivity (Wildman–Crippen MR) is 74.8 cm³/mol. The van der Waals surface area contributed by atoms with E-state index in [1.165, 1.54) is 19.4 Å². The fourth-order valence-corrected chi connectivity index (χ4v) is 2.43. The van der Waals surface area contributed by atoms with Crippen molar-refractivity contribution in [1.29, 1.82) is 0 Å². The first kappa shape index (κ1) is 15.9. The van der Waals surface area contributed by atoms with E-state index in [2.05, 4.69) is 10.2 Å². The van der Waals surface area contributed by atoms with Crippen molar-refractivity contribution in [3.63, 3.8) is 0 Å². The summed E-state index contributed by atoms with van der Waals surface area (Å²) in [5.74, 6) is 0.748. The number of methoxy groups -OCH3 is 1. The van der Waals surface area contributed by atoms with Crippen LogP contribution in [0.2, 0.25) is 0 Å². The molecule has 1 unspecified atom stereocenters. The van der Waals surface area contributed by atoms with Crippen LogP contribution in [-0.2, 0) is 4.74 Å². The number of ether oxygens (including phenoxy) is 1. The minimum Gasteiger partial charge on any atom is -0.390 e. The molecule has 0 amide bonds. The van der Waals surface area contributed by atoms with Gasteiger partial charge in [0.15, 0.2) is 0 Å². The SMILES string of the molecule is COCCNCC1CCCN(CCC(C)(C)O)C1. The average molecular weight is 258 g/mol. The maximum atomic E-state index is 9.76. The molecule has 1 fully saturated rings. The van der Waals surface area contributed by atoms with Crippen LogP contribution in [0, 0.1) is 5.92 Å². The summed E-state index contributed by atoms with van der Waals surface area (Å²) in [6.07, 6.45) is 3.46. The molecule has 0 aromatic carbocycles. The van der Waals surface area contributed by atoms with E-state index in [-0.39, 0.29) is 0 Å². The van der Waals surface area contributed by atoms with Gasteiger partial charge in [-0.1, -0.05) is 0 Å². The van der Waals surface area contributed by atoms with Crippen LogP contribution in [0.4, 0.5) is 0 Å². The third kappa shape index (κ3) is 7.31. The maximum absolute atomic E-state index is 9.76. The number of nitrogens with zero attached hydrogens (tertiary/aromatic N) is 1. The number of aliphatic hydroxyl groups is 1. The molecule has 0 aromatic rings. The average Bonchev–Trinajstić information content (AvgIpc) is 2.32. The molecule has 1 aliphatic heterocycles. The highest BCUT2D eigenvalue weighted by atomic mass is 16.5. The molecular weight excluding hydrogens is 228 g/mol. The molecule has 18 heavy (non-hydrogen) atoms. The number of hydrogen-bond donors (Lipinski definition) is 2. The number of nitrogens with one attached hydrogen (secondary N) is 1. The molecule has 1 aliphatic rings. The van der Waals surface area contributed by atoms with Gasteiger partial charge in [-0.15, -0.1) is 0 Å². The van der Waals surface area contributed by atoms with Crippen LogP contribution in [-0.4, -0.2) is 62.0 Å². The summed E-state index contributed by atoms with van der Waals surface area (Å²) < 4.78 is 5.03. The predicted octanol–water partition coefficient (Wildman–Crippen LogP) is 1.10. The summed E-state index contributed by atoms with van der Waals surface area (Å²) in [7, 11) is 1.74. The molecule has 108 valence electrons. The van der Waals surface area contributed by atoms with Gasteiger partial charge in [-0.3, -0.25) is 0 Å². The fraction of sp³-hybridized carbons (Fsp3) is 1.00. The molecular formula is C14H30N2O2. The standard InChI is InChI=1S/C14H30N2O2/c1-14(2,17)6-9-16-8-4-5-13(12-16)11-15-7-10-18-3/h13,15,17H,4-12H2,1-3H3. The Balaban J connectivity index is 2.15. The van der Waals surface area contributed by atoms with Gasteiger partial charge < -0.3 is 20.1 Å². The van der Waals surface area contributed by atoms with E-state index in [1.54, 1.807) is 7.11 Å². The topological polar surface area (TPSA) is 44.7 Å². The number of likely N-dealkylation sites (tertiary alicyclic amines) is 1. The second kappa shape index (κ2) is 8.10. The van der Waals surface area contributed by atoms with Crippen LogP contribution >= 0.6 is 0 Å². The van der Waals surface area contributed by atoms with Crippen LogP contribution in [0.15, 0.2) is 0 Å². The van der Waals surface area contributed by atoms with Crippen molar-refractivity contribution in [3.05, 3.63) is 0 Å². The van der Waals surface area contributed by atoms with E-state index >= 15 is 0 Å². The van der Waals surface area contributed by atoms with Crippen molar-refractivity contribution in [2.75, 3.05) is 46.4 Å². The molecule has 1 rings (SSSR count). The minimum absolute atomic E-state index is 0.538. The molecule has 0 saturated carbocycles. The third-order valence-electron chi connectivity index (χ3n) is 3.56. The second-order valence-electron chi connectivity index (χ2n) is 6.07. The van der Waals surface area contributed by atoms with Crippen molar-refractivity contribution in [1.82, 2.24) is 10.2 Å². The monoisotopic (exact) mass is 258 g/mol. The lowest BCUT2D eigenvalue weighted by molar-refractivity contribution is 0.0504. The van der Waals surface area contributed by atoms with Gasteiger partial charge in [0, 0.05) is 26.7 Å². The van der Waals surface area contributed by atoms with Gasteiger partial charge in [0.25, 0.3) is 0 Å². The molecule has 1 atom stereocenters. The summed E-state index contributed by atoms with van der Waals surface area (Å²) in [6.45, 7) is 9.95. The number of rotatable bonds is 8. The molecule has 1 saturated heterocycles. The van der Waals surface area contributed by atoms with E-state index in [0.717, 1.165) is 45.1 Å². The minimum atomic E-state index is -0.538. The molecule has 0 bridgehead atoms. The molecule has 4 heteroatoms. The zero-order valence-electron chi connectivity index (χ0n) is 12.2. The van der Waals surface area contributed by atoms with Crippen molar-refractivity contribution in [3.8, 4) is 0 Å². The molecule has 2 N–H and O–H groups in total. The Labute approximate surface area is 112 Å². The van der Waals surface area contributed by atoms with Crippen molar-refractivity contribution in [2.45, 2.75) is 38.7 Å². The third-order valence-corrected chi connectivity index (χ3v) is 3.56. The van der Waals surface area contributed by atoms with Gasteiger partial charge >= 0.3 is 0 Å². The maximum Gasteiger partial charge on any atom is 0.0603 e. The number of hydrogen-bond acceptors (Lipinski definition) is 4. The van der Waals surface area contributed by atoms with Gasteiger partial charge in [-0.05, 0) is 52.1 Å². The first-order chi connectivity index (χ1) is 8.51. The highest BCUT2D eigenvalue weighted by molar-refractivity contribution is 4.76. The highest BCUT2D eigenvalue weighted by Crippen LogP contribution is 2.17. The van der Waals surface area contributed by atoms with E-state index in [1.807, 2.05) is 13.8 Å². The fourth-order valence-electron chi connectivity index (χ4n) is 2.43. The van der Waals surface area contributed by atoms with Gasteiger partial charge in [0.05, 0.1) is 12.2 Å². The van der Waals surface area contributed by atoms with Crippen LogP contribution in [0.25, 0.3) is 0 Å². The Morgan fingerprint density at radius 3 is 2.89 bits per heavy atom. The van der Waals surface area contributed by atoms with Crippen molar-refractivity contribution < 1.29 is 9.84 Å². The Bertz CT molecular complexity index is 216. The smallest absolute Gasteiger partial charge is 0.0603 e. The van der Waals surface area contributed by atoms with Crippen LogP contribution in [0.5, 0.6) is 0 Å². The normalized spacial score (nSPS) is 22.3. The van der Waals surface area contributed by atoms with E-state index in [4.69, 9.17) is 4.74 Å². The lowest BCUT2D eigenvalue weighted by atomic mass is 9.96. The van der Waals surface area contributed by atoms with E-state index in [0.29, 0.717) is 0 Å². The quantitative estimate of drug-likeness (QED) is 0.640. The zero-order chi connectivity index (χ0) is 13.4. The molecule has 0 radical (unpaired) electrons. The van der Waals surface area contributed by atoms with Gasteiger partial charge in [-0.2, -0.15) is 0 Å². The van der Waals surface area contributed by atoms with Gasteiger partial charge in [0.2, 0.25) is 0 Å². The molecule has 4 nitrogen and oxygen atoms in total. The summed E-state index contributed by atoms with van der Waals surface area (Å²) in [5.41, 5.74) is -0.538. The molecule has 0 spiro atoms.